The van der Waals surface area contributed by atoms with Crippen LogP contribution in [0.15, 0.2) is 47.4 Å². The number of aromatic nitrogens is 1. The van der Waals surface area contributed by atoms with Crippen molar-refractivity contribution in [2.24, 2.45) is 0 Å². The molecule has 4 rings (SSSR count). The van der Waals surface area contributed by atoms with E-state index in [1.165, 1.54) is 17.7 Å². The molecule has 29 heavy (non-hydrogen) atoms. The third-order valence-corrected chi connectivity index (χ3v) is 6.56. The molecular weight excluding hydrogens is 404 g/mol. The lowest BCUT2D eigenvalue weighted by Gasteiger charge is -2.20. The first-order chi connectivity index (χ1) is 14.1. The molecule has 0 radical (unpaired) electrons. The number of methoxy groups -OCH3 is 1. The fraction of sp³-hybridized carbons (Fsp3) is 0.304. The molecule has 0 fully saturated rings. The number of hydrogen-bond donors (Lipinski definition) is 1. The van der Waals surface area contributed by atoms with E-state index in [4.69, 9.17) is 21.3 Å². The van der Waals surface area contributed by atoms with Gasteiger partial charge in [-0.3, -0.25) is 9.78 Å². The normalized spacial score (nSPS) is 13.2. The number of halogens is 1. The van der Waals surface area contributed by atoms with Crippen LogP contribution in [0, 0.1) is 0 Å². The van der Waals surface area contributed by atoms with Crippen LogP contribution >= 0.6 is 23.4 Å². The third-order valence-electron chi connectivity index (χ3n) is 5.17. The van der Waals surface area contributed by atoms with Gasteiger partial charge in [0.05, 0.1) is 18.4 Å². The number of nitrogens with zero attached hydrogens (tertiary/aromatic N) is 1. The van der Waals surface area contributed by atoms with Crippen molar-refractivity contribution in [1.82, 2.24) is 10.3 Å². The molecule has 2 aromatic carbocycles. The molecule has 1 aliphatic carbocycles. The number of aryl methyl sites for hydroxylation is 1. The van der Waals surface area contributed by atoms with E-state index in [-0.39, 0.29) is 5.91 Å². The number of carbonyl (C=O) groups excluding carboxylic acids is 1. The molecule has 0 spiro atoms. The summed E-state index contributed by atoms with van der Waals surface area (Å²) in [5.41, 5.74) is 4.46. The van der Waals surface area contributed by atoms with Crippen molar-refractivity contribution in [1.29, 1.82) is 0 Å². The van der Waals surface area contributed by atoms with Crippen molar-refractivity contribution in [2.75, 3.05) is 12.9 Å². The summed E-state index contributed by atoms with van der Waals surface area (Å²) < 4.78 is 5.17. The minimum Gasteiger partial charge on any atom is -0.497 e. The monoisotopic (exact) mass is 426 g/mol. The molecule has 1 N–H and O–H groups in total. The van der Waals surface area contributed by atoms with E-state index in [0.29, 0.717) is 17.3 Å². The lowest BCUT2D eigenvalue weighted by Crippen LogP contribution is -2.24. The summed E-state index contributed by atoms with van der Waals surface area (Å²) in [6, 6.07) is 13.5. The van der Waals surface area contributed by atoms with Gasteiger partial charge >= 0.3 is 0 Å². The summed E-state index contributed by atoms with van der Waals surface area (Å²) in [4.78, 5) is 18.5. The molecule has 1 amide bonds. The molecule has 6 heteroatoms. The Bertz CT molecular complexity index is 1040. The minimum absolute atomic E-state index is 0.0161. The Morgan fingerprint density at radius 2 is 1.97 bits per heavy atom. The van der Waals surface area contributed by atoms with Gasteiger partial charge in [-0.05, 0) is 67.1 Å². The Morgan fingerprint density at radius 3 is 2.76 bits per heavy atom. The summed E-state index contributed by atoms with van der Waals surface area (Å²) in [7, 11) is 1.64. The Hall–Kier alpha value is -2.24. The second-order valence-electron chi connectivity index (χ2n) is 7.15. The van der Waals surface area contributed by atoms with E-state index in [1.807, 2.05) is 42.5 Å². The zero-order valence-electron chi connectivity index (χ0n) is 16.3. The number of nitrogens with one attached hydrogen (secondary N) is 1. The third kappa shape index (κ3) is 4.68. The van der Waals surface area contributed by atoms with Crippen molar-refractivity contribution in [3.63, 3.8) is 0 Å². The predicted octanol–water partition coefficient (Wildman–Crippen LogP) is 5.18. The molecule has 150 valence electrons. The van der Waals surface area contributed by atoms with Crippen LogP contribution in [0.1, 0.15) is 29.7 Å². The van der Waals surface area contributed by atoms with Gasteiger partial charge in [0.25, 0.3) is 0 Å². The second kappa shape index (κ2) is 9.06. The molecule has 1 heterocycles. The summed E-state index contributed by atoms with van der Waals surface area (Å²) in [6.07, 6.45) is 4.36. The molecule has 0 aliphatic heterocycles. The maximum Gasteiger partial charge on any atom is 0.230 e. The topological polar surface area (TPSA) is 51.2 Å². The van der Waals surface area contributed by atoms with Crippen LogP contribution < -0.4 is 10.1 Å². The first kappa shape index (κ1) is 20.0. The minimum atomic E-state index is 0.0161. The average Bonchev–Trinajstić information content (AvgIpc) is 2.75. The van der Waals surface area contributed by atoms with Crippen molar-refractivity contribution >= 4 is 40.2 Å². The first-order valence-electron chi connectivity index (χ1n) is 9.77. The smallest absolute Gasteiger partial charge is 0.230 e. The van der Waals surface area contributed by atoms with E-state index < -0.39 is 0 Å². The van der Waals surface area contributed by atoms with Gasteiger partial charge in [0.2, 0.25) is 5.91 Å². The maximum absolute atomic E-state index is 12.5. The van der Waals surface area contributed by atoms with E-state index in [9.17, 15) is 4.79 Å². The quantitative estimate of drug-likeness (QED) is 0.551. The molecule has 1 aliphatic rings. The highest BCUT2D eigenvalue weighted by molar-refractivity contribution is 8.00. The van der Waals surface area contributed by atoms with Crippen LogP contribution in [0.2, 0.25) is 5.02 Å². The SMILES string of the molecule is COc1ccc(CNC(=O)CSc2c3c(nc4ccc(Cl)cc24)CCCC3)cc1. The molecule has 0 saturated carbocycles. The van der Waals surface area contributed by atoms with Gasteiger partial charge in [-0.2, -0.15) is 0 Å². The summed E-state index contributed by atoms with van der Waals surface area (Å²) >= 11 is 7.84. The van der Waals surface area contributed by atoms with Gasteiger partial charge < -0.3 is 10.1 Å². The fourth-order valence-corrected chi connectivity index (χ4v) is 4.91. The highest BCUT2D eigenvalue weighted by Gasteiger charge is 2.19. The van der Waals surface area contributed by atoms with Gasteiger partial charge in [-0.25, -0.2) is 0 Å². The van der Waals surface area contributed by atoms with Crippen LogP contribution in [0.5, 0.6) is 5.75 Å². The van der Waals surface area contributed by atoms with E-state index in [1.54, 1.807) is 18.9 Å². The molecule has 4 nitrogen and oxygen atoms in total. The average molecular weight is 427 g/mol. The Morgan fingerprint density at radius 1 is 1.17 bits per heavy atom. The Labute approximate surface area is 180 Å². The predicted molar refractivity (Wildman–Crippen MR) is 119 cm³/mol. The highest BCUT2D eigenvalue weighted by atomic mass is 35.5. The summed E-state index contributed by atoms with van der Waals surface area (Å²) in [5, 5.41) is 4.75. The van der Waals surface area contributed by atoms with Gasteiger partial charge in [-0.1, -0.05) is 23.7 Å². The van der Waals surface area contributed by atoms with Crippen LogP contribution in [-0.2, 0) is 24.2 Å². The highest BCUT2D eigenvalue weighted by Crippen LogP contribution is 2.37. The van der Waals surface area contributed by atoms with Crippen LogP contribution in [-0.4, -0.2) is 23.8 Å². The van der Waals surface area contributed by atoms with Crippen molar-refractivity contribution in [3.8, 4) is 5.75 Å². The molecule has 0 unspecified atom stereocenters. The number of carbonyl (C=O) groups is 1. The lowest BCUT2D eigenvalue weighted by atomic mass is 9.94. The number of thioether (sulfide) groups is 1. The number of fused-ring (bicyclic) bond motifs is 2. The van der Waals surface area contributed by atoms with Crippen LogP contribution in [0.3, 0.4) is 0 Å². The van der Waals surface area contributed by atoms with Gasteiger partial charge in [0, 0.05) is 27.5 Å². The fourth-order valence-electron chi connectivity index (χ4n) is 3.65. The molecule has 0 atom stereocenters. The van der Waals surface area contributed by atoms with E-state index in [2.05, 4.69) is 5.32 Å². The maximum atomic E-state index is 12.5. The second-order valence-corrected chi connectivity index (χ2v) is 8.57. The number of benzene rings is 2. The number of hydrogen-bond acceptors (Lipinski definition) is 4. The van der Waals surface area contributed by atoms with Crippen molar-refractivity contribution in [3.05, 3.63) is 64.3 Å². The van der Waals surface area contributed by atoms with Crippen LogP contribution in [0.4, 0.5) is 0 Å². The number of pyridine rings is 1. The molecular formula is C23H23ClN2O2S. The molecule has 1 aromatic heterocycles. The van der Waals surface area contributed by atoms with Gasteiger partial charge in [0.15, 0.2) is 0 Å². The Kier molecular flexibility index (Phi) is 6.26. The number of rotatable bonds is 6. The summed E-state index contributed by atoms with van der Waals surface area (Å²) in [6.45, 7) is 0.504. The number of ether oxygens (including phenoxy) is 1. The molecule has 0 bridgehead atoms. The van der Waals surface area contributed by atoms with Crippen molar-refractivity contribution < 1.29 is 9.53 Å². The molecule has 0 saturated heterocycles. The lowest BCUT2D eigenvalue weighted by molar-refractivity contribution is -0.118. The largest absolute Gasteiger partial charge is 0.497 e. The molecule has 3 aromatic rings. The first-order valence-corrected chi connectivity index (χ1v) is 11.1. The standard InChI is InChI=1S/C23H23ClN2O2S/c1-28-17-9-6-15(7-10-17)13-25-22(27)14-29-23-18-4-2-3-5-20(18)26-21-11-8-16(24)12-19(21)23/h6-12H,2-5,13-14H2,1H3,(H,25,27). The van der Waals surface area contributed by atoms with Crippen LogP contribution in [0.25, 0.3) is 10.9 Å². The Balaban J connectivity index is 1.48. The van der Waals surface area contributed by atoms with E-state index in [0.717, 1.165) is 46.4 Å². The van der Waals surface area contributed by atoms with Gasteiger partial charge in [0.1, 0.15) is 5.75 Å². The zero-order chi connectivity index (χ0) is 20.2. The van der Waals surface area contributed by atoms with Crippen molar-refractivity contribution in [2.45, 2.75) is 37.1 Å². The van der Waals surface area contributed by atoms with E-state index >= 15 is 0 Å². The summed E-state index contributed by atoms with van der Waals surface area (Å²) in [5.74, 6) is 1.19. The zero-order valence-corrected chi connectivity index (χ0v) is 17.9. The van der Waals surface area contributed by atoms with Gasteiger partial charge in [-0.15, -0.1) is 11.8 Å². The number of amides is 1.